The summed E-state index contributed by atoms with van der Waals surface area (Å²) >= 11 is 1.77. The van der Waals surface area contributed by atoms with E-state index in [1.54, 1.807) is 16.7 Å². The van der Waals surface area contributed by atoms with E-state index in [0.29, 0.717) is 0 Å². The van der Waals surface area contributed by atoms with Gasteiger partial charge in [0.05, 0.1) is 5.88 Å². The quantitative estimate of drug-likeness (QED) is 0.686. The van der Waals surface area contributed by atoms with E-state index in [-0.39, 0.29) is 5.91 Å². The topological polar surface area (TPSA) is 46.3 Å². The number of nitrogens with two attached hydrogens (primary N) is 1. The minimum absolute atomic E-state index is 0.0249. The second-order valence-corrected chi connectivity index (χ2v) is 4.20. The van der Waals surface area contributed by atoms with Crippen molar-refractivity contribution in [2.75, 3.05) is 18.2 Å². The van der Waals surface area contributed by atoms with Crippen LogP contribution in [-0.2, 0) is 4.79 Å². The van der Waals surface area contributed by atoms with Crippen LogP contribution in [0, 0.1) is 0 Å². The van der Waals surface area contributed by atoms with Crippen molar-refractivity contribution in [2.45, 2.75) is 19.4 Å². The molecule has 4 heteroatoms. The van der Waals surface area contributed by atoms with E-state index >= 15 is 0 Å². The van der Waals surface area contributed by atoms with E-state index in [4.69, 9.17) is 5.73 Å². The first-order valence-electron chi connectivity index (χ1n) is 4.46. The van der Waals surface area contributed by atoms with Gasteiger partial charge in [-0.05, 0) is 6.42 Å². The lowest BCUT2D eigenvalue weighted by molar-refractivity contribution is -0.130. The van der Waals surface area contributed by atoms with Crippen LogP contribution in [0.4, 0.5) is 0 Å². The van der Waals surface area contributed by atoms with Crippen molar-refractivity contribution in [3.05, 3.63) is 12.2 Å². The summed E-state index contributed by atoms with van der Waals surface area (Å²) in [6.45, 7) is 6.58. The van der Waals surface area contributed by atoms with Crippen molar-refractivity contribution in [1.82, 2.24) is 4.90 Å². The van der Waals surface area contributed by atoms with E-state index in [0.717, 1.165) is 30.2 Å². The van der Waals surface area contributed by atoms with Gasteiger partial charge in [-0.3, -0.25) is 4.79 Å². The van der Waals surface area contributed by atoms with Crippen LogP contribution in [0.5, 0.6) is 0 Å². The average molecular weight is 200 g/mol. The molecule has 1 aliphatic heterocycles. The van der Waals surface area contributed by atoms with Crippen LogP contribution in [0.15, 0.2) is 12.2 Å². The minimum atomic E-state index is -0.497. The molecule has 13 heavy (non-hydrogen) atoms. The molecule has 2 N–H and O–H groups in total. The number of nitrogens with zero attached hydrogens (tertiary/aromatic N) is 1. The van der Waals surface area contributed by atoms with Crippen molar-refractivity contribution in [3.8, 4) is 0 Å². The normalized spacial score (nSPS) is 18.8. The fourth-order valence-electron chi connectivity index (χ4n) is 1.18. The Kier molecular flexibility index (Phi) is 3.81. The first-order valence-corrected chi connectivity index (χ1v) is 5.62. The lowest BCUT2D eigenvalue weighted by atomic mass is 10.1. The highest BCUT2D eigenvalue weighted by Gasteiger charge is 2.24. The first-order chi connectivity index (χ1) is 6.16. The number of carbonyl (C=O) groups is 1. The highest BCUT2D eigenvalue weighted by atomic mass is 32.2. The molecule has 0 bridgehead atoms. The molecule has 0 spiro atoms. The Morgan fingerprint density at radius 3 is 2.92 bits per heavy atom. The van der Waals surface area contributed by atoms with Gasteiger partial charge >= 0.3 is 0 Å². The number of carbonyl (C=O) groups excluding carboxylic acids is 1. The predicted molar refractivity (Wildman–Crippen MR) is 56.4 cm³/mol. The standard InChI is InChI=1S/C9H16N2OS/c1-3-7(2)8(10)9(12)11-4-5-13-6-11/h8H,2-6,10H2,1H3/t8-/m0/s1. The molecule has 1 aliphatic rings. The minimum Gasteiger partial charge on any atom is -0.331 e. The fourth-order valence-corrected chi connectivity index (χ4v) is 2.13. The summed E-state index contributed by atoms with van der Waals surface area (Å²) in [5.74, 6) is 1.83. The van der Waals surface area contributed by atoms with Gasteiger partial charge in [-0.25, -0.2) is 0 Å². The summed E-state index contributed by atoms with van der Waals surface area (Å²) in [6, 6.07) is -0.497. The van der Waals surface area contributed by atoms with Gasteiger partial charge in [0.2, 0.25) is 5.91 Å². The van der Waals surface area contributed by atoms with Crippen molar-refractivity contribution >= 4 is 17.7 Å². The van der Waals surface area contributed by atoms with E-state index in [1.165, 1.54) is 0 Å². The van der Waals surface area contributed by atoms with E-state index in [9.17, 15) is 4.79 Å². The zero-order valence-corrected chi connectivity index (χ0v) is 8.77. The fraction of sp³-hybridized carbons (Fsp3) is 0.667. The molecular weight excluding hydrogens is 184 g/mol. The molecule has 74 valence electrons. The van der Waals surface area contributed by atoms with Gasteiger partial charge in [-0.15, -0.1) is 11.8 Å². The highest BCUT2D eigenvalue weighted by molar-refractivity contribution is 7.99. The van der Waals surface area contributed by atoms with Crippen molar-refractivity contribution in [3.63, 3.8) is 0 Å². The number of amides is 1. The molecule has 0 aliphatic carbocycles. The maximum absolute atomic E-state index is 11.7. The Hall–Kier alpha value is -0.480. The Labute approximate surface area is 83.3 Å². The summed E-state index contributed by atoms with van der Waals surface area (Å²) < 4.78 is 0. The Morgan fingerprint density at radius 2 is 2.46 bits per heavy atom. The third-order valence-electron chi connectivity index (χ3n) is 2.22. The second kappa shape index (κ2) is 4.67. The number of hydrogen-bond acceptors (Lipinski definition) is 3. The summed E-state index contributed by atoms with van der Waals surface area (Å²) in [5, 5.41) is 0. The van der Waals surface area contributed by atoms with Crippen LogP contribution in [0.2, 0.25) is 0 Å². The third-order valence-corrected chi connectivity index (χ3v) is 3.19. The number of rotatable bonds is 3. The molecule has 1 amide bonds. The predicted octanol–water partition coefficient (Wildman–Crippen LogP) is 0.813. The molecule has 1 atom stereocenters. The van der Waals surface area contributed by atoms with Gasteiger partial charge in [0.1, 0.15) is 6.04 Å². The summed E-state index contributed by atoms with van der Waals surface area (Å²) in [4.78, 5) is 13.5. The molecule has 0 aromatic heterocycles. The number of hydrogen-bond donors (Lipinski definition) is 1. The smallest absolute Gasteiger partial charge is 0.244 e. The van der Waals surface area contributed by atoms with Crippen molar-refractivity contribution in [1.29, 1.82) is 0 Å². The molecule has 0 aromatic carbocycles. The van der Waals surface area contributed by atoms with Crippen LogP contribution < -0.4 is 5.73 Å². The van der Waals surface area contributed by atoms with Crippen molar-refractivity contribution < 1.29 is 4.79 Å². The molecule has 1 saturated heterocycles. The van der Waals surface area contributed by atoms with Gasteiger partial charge in [-0.2, -0.15) is 0 Å². The van der Waals surface area contributed by atoms with Gasteiger partial charge < -0.3 is 10.6 Å². The van der Waals surface area contributed by atoms with Gasteiger partial charge in [-0.1, -0.05) is 19.1 Å². The Balaban J connectivity index is 2.50. The highest BCUT2D eigenvalue weighted by Crippen LogP contribution is 2.15. The second-order valence-electron chi connectivity index (χ2n) is 3.13. The molecule has 1 heterocycles. The third kappa shape index (κ3) is 2.48. The molecule has 1 fully saturated rings. The van der Waals surface area contributed by atoms with Gasteiger partial charge in [0.15, 0.2) is 0 Å². The lowest BCUT2D eigenvalue weighted by Gasteiger charge is -2.20. The largest absolute Gasteiger partial charge is 0.331 e. The van der Waals surface area contributed by atoms with Crippen LogP contribution in [0.25, 0.3) is 0 Å². The Bertz CT molecular complexity index is 212. The molecule has 3 nitrogen and oxygen atoms in total. The van der Waals surface area contributed by atoms with Crippen LogP contribution >= 0.6 is 11.8 Å². The monoisotopic (exact) mass is 200 g/mol. The lowest BCUT2D eigenvalue weighted by Crippen LogP contribution is -2.43. The van der Waals surface area contributed by atoms with Gasteiger partial charge in [0, 0.05) is 12.3 Å². The molecule has 0 radical (unpaired) electrons. The van der Waals surface area contributed by atoms with E-state index in [2.05, 4.69) is 6.58 Å². The maximum atomic E-state index is 11.7. The van der Waals surface area contributed by atoms with Crippen LogP contribution in [0.3, 0.4) is 0 Å². The van der Waals surface area contributed by atoms with Gasteiger partial charge in [0.25, 0.3) is 0 Å². The van der Waals surface area contributed by atoms with E-state index in [1.807, 2.05) is 6.92 Å². The molecule has 0 unspecified atom stereocenters. The number of thioether (sulfide) groups is 1. The summed E-state index contributed by atoms with van der Waals surface area (Å²) in [7, 11) is 0. The zero-order chi connectivity index (χ0) is 9.84. The first kappa shape index (κ1) is 10.6. The maximum Gasteiger partial charge on any atom is 0.244 e. The SMILES string of the molecule is C=C(CC)[C@H](N)C(=O)N1CCSC1. The molecule has 0 aromatic rings. The summed E-state index contributed by atoms with van der Waals surface area (Å²) in [6.07, 6.45) is 0.772. The van der Waals surface area contributed by atoms with Crippen molar-refractivity contribution in [2.24, 2.45) is 5.73 Å². The summed E-state index contributed by atoms with van der Waals surface area (Å²) in [5.41, 5.74) is 6.57. The Morgan fingerprint density at radius 1 is 1.77 bits per heavy atom. The van der Waals surface area contributed by atoms with Crippen LogP contribution in [0.1, 0.15) is 13.3 Å². The average Bonchev–Trinajstić information content (AvgIpc) is 2.67. The molecular formula is C9H16N2OS. The van der Waals surface area contributed by atoms with E-state index < -0.39 is 6.04 Å². The van der Waals surface area contributed by atoms with Crippen LogP contribution in [-0.4, -0.2) is 35.0 Å². The zero-order valence-electron chi connectivity index (χ0n) is 7.95. The molecule has 0 saturated carbocycles. The molecule has 1 rings (SSSR count).